The molecular formula is C16H22N2O2. The van der Waals surface area contributed by atoms with E-state index >= 15 is 0 Å². The average Bonchev–Trinajstić information content (AvgIpc) is 2.45. The molecule has 4 nitrogen and oxygen atoms in total. The van der Waals surface area contributed by atoms with Crippen LogP contribution in [0.3, 0.4) is 0 Å². The topological polar surface area (TPSA) is 64.4 Å². The third-order valence-electron chi connectivity index (χ3n) is 3.28. The van der Waals surface area contributed by atoms with Crippen molar-refractivity contribution in [3.05, 3.63) is 23.8 Å². The largest absolute Gasteiger partial charge is 0.495 e. The van der Waals surface area contributed by atoms with Gasteiger partial charge in [0.1, 0.15) is 5.75 Å². The summed E-state index contributed by atoms with van der Waals surface area (Å²) in [6.45, 7) is 6.11. The number of methoxy groups -OCH3 is 1. The number of rotatable bonds is 4. The third kappa shape index (κ3) is 4.01. The minimum Gasteiger partial charge on any atom is -0.495 e. The van der Waals surface area contributed by atoms with Gasteiger partial charge < -0.3 is 15.8 Å². The lowest BCUT2D eigenvalue weighted by atomic mass is 9.89. The highest BCUT2D eigenvalue weighted by Crippen LogP contribution is 2.28. The fourth-order valence-electron chi connectivity index (χ4n) is 1.49. The Hall–Kier alpha value is -1.99. The Balaban J connectivity index is 3.06. The molecular weight excluding hydrogens is 252 g/mol. The first kappa shape index (κ1) is 16.1. The van der Waals surface area contributed by atoms with Gasteiger partial charge in [0.25, 0.3) is 0 Å². The molecule has 0 aliphatic carbocycles. The van der Waals surface area contributed by atoms with Crippen molar-refractivity contribution >= 4 is 11.6 Å². The van der Waals surface area contributed by atoms with Crippen molar-refractivity contribution < 1.29 is 9.53 Å². The van der Waals surface area contributed by atoms with Crippen LogP contribution in [-0.4, -0.2) is 19.6 Å². The van der Waals surface area contributed by atoms with E-state index < -0.39 is 5.41 Å². The minimum atomic E-state index is -0.427. The summed E-state index contributed by atoms with van der Waals surface area (Å²) >= 11 is 0. The predicted molar refractivity (Wildman–Crippen MR) is 81.6 cm³/mol. The molecule has 0 radical (unpaired) electrons. The van der Waals surface area contributed by atoms with Crippen LogP contribution < -0.4 is 15.8 Å². The first-order valence-corrected chi connectivity index (χ1v) is 6.63. The molecule has 20 heavy (non-hydrogen) atoms. The van der Waals surface area contributed by atoms with Gasteiger partial charge in [-0.2, -0.15) is 0 Å². The fourth-order valence-corrected chi connectivity index (χ4v) is 1.49. The summed E-state index contributed by atoms with van der Waals surface area (Å²) < 4.78 is 5.26. The van der Waals surface area contributed by atoms with Crippen LogP contribution in [0.4, 0.5) is 5.69 Å². The zero-order valence-corrected chi connectivity index (χ0v) is 12.5. The van der Waals surface area contributed by atoms with Crippen LogP contribution in [0.1, 0.15) is 32.8 Å². The molecule has 1 aromatic rings. The minimum absolute atomic E-state index is 0.0396. The van der Waals surface area contributed by atoms with Gasteiger partial charge in [0.15, 0.2) is 0 Å². The van der Waals surface area contributed by atoms with Crippen molar-refractivity contribution in [2.45, 2.75) is 27.2 Å². The van der Waals surface area contributed by atoms with E-state index in [1.807, 2.05) is 26.8 Å². The smallest absolute Gasteiger partial charge is 0.230 e. The number of hydrogen-bond donors (Lipinski definition) is 2. The Labute approximate surface area is 120 Å². The van der Waals surface area contributed by atoms with E-state index in [0.717, 1.165) is 12.0 Å². The second-order valence-electron chi connectivity index (χ2n) is 5.11. The number of anilines is 1. The Bertz CT molecular complexity index is 539. The molecule has 1 aromatic carbocycles. The van der Waals surface area contributed by atoms with Crippen molar-refractivity contribution in [2.24, 2.45) is 11.1 Å². The highest BCUT2D eigenvalue weighted by Gasteiger charge is 2.26. The normalized spacial score (nSPS) is 10.4. The van der Waals surface area contributed by atoms with E-state index in [1.54, 1.807) is 19.2 Å². The van der Waals surface area contributed by atoms with Crippen molar-refractivity contribution in [3.63, 3.8) is 0 Å². The number of amides is 1. The second-order valence-corrected chi connectivity index (χ2v) is 5.11. The van der Waals surface area contributed by atoms with Gasteiger partial charge >= 0.3 is 0 Å². The van der Waals surface area contributed by atoms with Crippen LogP contribution in [0.25, 0.3) is 0 Å². The summed E-state index contributed by atoms with van der Waals surface area (Å²) in [6, 6.07) is 5.42. The molecule has 108 valence electrons. The van der Waals surface area contributed by atoms with Gasteiger partial charge in [0, 0.05) is 11.0 Å². The van der Waals surface area contributed by atoms with E-state index in [9.17, 15) is 4.79 Å². The Morgan fingerprint density at radius 3 is 2.70 bits per heavy atom. The van der Waals surface area contributed by atoms with Crippen LogP contribution >= 0.6 is 0 Å². The van der Waals surface area contributed by atoms with Crippen molar-refractivity contribution in [1.82, 2.24) is 0 Å². The Kier molecular flexibility index (Phi) is 5.60. The van der Waals surface area contributed by atoms with Gasteiger partial charge in [0.05, 0.1) is 19.3 Å². The summed E-state index contributed by atoms with van der Waals surface area (Å²) in [5, 5.41) is 2.91. The Morgan fingerprint density at radius 1 is 1.45 bits per heavy atom. The van der Waals surface area contributed by atoms with Gasteiger partial charge in [-0.05, 0) is 24.6 Å². The van der Waals surface area contributed by atoms with Crippen molar-refractivity contribution in [1.29, 1.82) is 0 Å². The van der Waals surface area contributed by atoms with Crippen molar-refractivity contribution in [2.75, 3.05) is 19.0 Å². The van der Waals surface area contributed by atoms with Crippen LogP contribution in [-0.2, 0) is 4.79 Å². The predicted octanol–water partition coefficient (Wildman–Crippen LogP) is 2.38. The standard InChI is InChI=1S/C16H22N2O2/c1-5-16(2,3)15(19)18-13-11-12(7-6-10-17)8-9-14(13)20-4/h8-9,11H,5,10,17H2,1-4H3,(H,18,19). The average molecular weight is 274 g/mol. The van der Waals surface area contributed by atoms with Gasteiger partial charge in [-0.3, -0.25) is 4.79 Å². The maximum Gasteiger partial charge on any atom is 0.230 e. The van der Waals surface area contributed by atoms with E-state index in [-0.39, 0.29) is 5.91 Å². The molecule has 0 aliphatic heterocycles. The molecule has 0 fully saturated rings. The molecule has 0 aromatic heterocycles. The Morgan fingerprint density at radius 2 is 2.15 bits per heavy atom. The summed E-state index contributed by atoms with van der Waals surface area (Å²) in [4.78, 5) is 12.2. The van der Waals surface area contributed by atoms with Gasteiger partial charge in [-0.15, -0.1) is 0 Å². The van der Waals surface area contributed by atoms with E-state index in [4.69, 9.17) is 10.5 Å². The summed E-state index contributed by atoms with van der Waals surface area (Å²) in [7, 11) is 1.57. The molecule has 0 heterocycles. The lowest BCUT2D eigenvalue weighted by molar-refractivity contribution is -0.124. The summed E-state index contributed by atoms with van der Waals surface area (Å²) in [5.41, 5.74) is 6.35. The molecule has 0 atom stereocenters. The molecule has 1 rings (SSSR count). The quantitative estimate of drug-likeness (QED) is 0.829. The molecule has 0 saturated carbocycles. The SMILES string of the molecule is CCC(C)(C)C(=O)Nc1cc(C#CCN)ccc1OC. The van der Waals surface area contributed by atoms with Gasteiger partial charge in [0.2, 0.25) is 5.91 Å². The van der Waals surface area contributed by atoms with Crippen molar-refractivity contribution in [3.8, 4) is 17.6 Å². The highest BCUT2D eigenvalue weighted by molar-refractivity contribution is 5.96. The van der Waals surface area contributed by atoms with E-state index in [1.165, 1.54) is 0 Å². The molecule has 0 bridgehead atoms. The first-order chi connectivity index (χ1) is 9.44. The molecule has 1 amide bonds. The van der Waals surface area contributed by atoms with Crippen LogP contribution in [0.15, 0.2) is 18.2 Å². The lowest BCUT2D eigenvalue weighted by Gasteiger charge is -2.22. The second kappa shape index (κ2) is 6.97. The monoisotopic (exact) mass is 274 g/mol. The van der Waals surface area contributed by atoms with E-state index in [2.05, 4.69) is 17.2 Å². The number of hydrogen-bond acceptors (Lipinski definition) is 3. The summed E-state index contributed by atoms with van der Waals surface area (Å²) in [5.74, 6) is 6.30. The molecule has 0 aliphatic rings. The van der Waals surface area contributed by atoms with Crippen LogP contribution in [0.5, 0.6) is 5.75 Å². The van der Waals surface area contributed by atoms with Crippen LogP contribution in [0, 0.1) is 17.3 Å². The first-order valence-electron chi connectivity index (χ1n) is 6.63. The third-order valence-corrected chi connectivity index (χ3v) is 3.28. The fraction of sp³-hybridized carbons (Fsp3) is 0.438. The van der Waals surface area contributed by atoms with Gasteiger partial charge in [-0.1, -0.05) is 32.6 Å². The zero-order chi connectivity index (χ0) is 15.2. The number of ether oxygens (including phenoxy) is 1. The highest BCUT2D eigenvalue weighted by atomic mass is 16.5. The molecule has 0 spiro atoms. The number of nitrogens with one attached hydrogen (secondary N) is 1. The summed E-state index contributed by atoms with van der Waals surface area (Å²) in [6.07, 6.45) is 0.758. The number of carbonyl (C=O) groups is 1. The number of benzene rings is 1. The molecule has 3 N–H and O–H groups in total. The maximum absolute atomic E-state index is 12.2. The number of nitrogens with two attached hydrogens (primary N) is 1. The lowest BCUT2D eigenvalue weighted by Crippen LogP contribution is -2.30. The van der Waals surface area contributed by atoms with Gasteiger partial charge in [-0.25, -0.2) is 0 Å². The zero-order valence-electron chi connectivity index (χ0n) is 12.5. The number of carbonyl (C=O) groups excluding carboxylic acids is 1. The van der Waals surface area contributed by atoms with E-state index in [0.29, 0.717) is 18.0 Å². The van der Waals surface area contributed by atoms with Crippen LogP contribution in [0.2, 0.25) is 0 Å². The molecule has 4 heteroatoms. The molecule has 0 unspecified atom stereocenters. The maximum atomic E-state index is 12.2. The molecule has 0 saturated heterocycles.